The number of aryl methyl sites for hydroxylation is 1. The van der Waals surface area contributed by atoms with Crippen molar-refractivity contribution in [1.82, 2.24) is 4.90 Å². The van der Waals surface area contributed by atoms with Crippen LogP contribution in [-0.4, -0.2) is 15.7 Å². The Bertz CT molecular complexity index is 1030. The molecule has 3 aromatic carbocycles. The van der Waals surface area contributed by atoms with Gasteiger partial charge >= 0.3 is 0 Å². The lowest BCUT2D eigenvalue weighted by Gasteiger charge is -2.23. The third-order valence-corrected chi connectivity index (χ3v) is 5.38. The number of aliphatic hydroxyl groups excluding tert-OH is 1. The van der Waals surface area contributed by atoms with Crippen LogP contribution in [0.15, 0.2) is 85.1 Å². The molecule has 0 aliphatic carbocycles. The number of alkyl halides is 1. The van der Waals surface area contributed by atoms with Crippen LogP contribution in [0, 0.1) is 6.92 Å². The molecule has 0 saturated heterocycles. The normalized spacial score (nSPS) is 10.7. The van der Waals surface area contributed by atoms with Gasteiger partial charge in [-0.3, -0.25) is 4.90 Å². The van der Waals surface area contributed by atoms with Crippen LogP contribution in [0.3, 0.4) is 0 Å². The van der Waals surface area contributed by atoms with Crippen molar-refractivity contribution < 1.29 is 9.50 Å². The second kappa shape index (κ2) is 15.4. The van der Waals surface area contributed by atoms with Crippen molar-refractivity contribution in [1.29, 1.82) is 0 Å². The predicted octanol–water partition coefficient (Wildman–Crippen LogP) is 8.14. The number of nitrogens with zero attached hydrogens (tertiary/aromatic N) is 1. The monoisotopic (exact) mass is 498 g/mol. The molecule has 3 aromatic rings. The van der Waals surface area contributed by atoms with Gasteiger partial charge in [-0.2, -0.15) is 0 Å². The van der Waals surface area contributed by atoms with Crippen molar-refractivity contribution in [3.63, 3.8) is 0 Å². The molecule has 0 saturated carbocycles. The van der Waals surface area contributed by atoms with Gasteiger partial charge in [0, 0.05) is 31.2 Å². The average molecular weight is 499 g/mol. The Morgan fingerprint density at radius 1 is 0.886 bits per heavy atom. The summed E-state index contributed by atoms with van der Waals surface area (Å²) in [5, 5.41) is 9.10. The second-order valence-corrected chi connectivity index (χ2v) is 9.14. The number of rotatable bonds is 8. The van der Waals surface area contributed by atoms with Gasteiger partial charge in [0.25, 0.3) is 0 Å². The van der Waals surface area contributed by atoms with Gasteiger partial charge in [-0.1, -0.05) is 98.3 Å². The average Bonchev–Trinajstić information content (AvgIpc) is 2.82. The summed E-state index contributed by atoms with van der Waals surface area (Å²) in [4.78, 5) is 2.44. The van der Waals surface area contributed by atoms with E-state index in [2.05, 4.69) is 73.0 Å². The third kappa shape index (κ3) is 12.0. The number of nitrogens with two attached hydrogens (primary N) is 1. The lowest BCUT2D eigenvalue weighted by atomic mass is 10.1. The maximum atomic E-state index is 12.2. The minimum atomic E-state index is -1.64. The summed E-state index contributed by atoms with van der Waals surface area (Å²) >= 11 is 6.17. The maximum Gasteiger partial charge on any atom is 0.161 e. The molecule has 5 heteroatoms. The van der Waals surface area contributed by atoms with E-state index in [0.717, 1.165) is 24.7 Å². The minimum Gasteiger partial charge on any atom is -0.510 e. The molecule has 0 bridgehead atoms. The van der Waals surface area contributed by atoms with E-state index in [1.54, 1.807) is 0 Å². The zero-order valence-electron chi connectivity index (χ0n) is 21.7. The number of aliphatic hydroxyl groups is 1. The van der Waals surface area contributed by atoms with Crippen molar-refractivity contribution >= 4 is 11.6 Å². The summed E-state index contributed by atoms with van der Waals surface area (Å²) < 4.78 is 12.2. The van der Waals surface area contributed by atoms with Gasteiger partial charge in [-0.25, -0.2) is 4.39 Å². The van der Waals surface area contributed by atoms with E-state index in [0.29, 0.717) is 6.54 Å². The number of hydrogen-bond acceptors (Lipinski definition) is 3. The first-order chi connectivity index (χ1) is 16.6. The van der Waals surface area contributed by atoms with Gasteiger partial charge in [0.05, 0.1) is 0 Å². The fourth-order valence-corrected chi connectivity index (χ4v) is 3.34. The Morgan fingerprint density at radius 3 is 1.83 bits per heavy atom. The second-order valence-electron chi connectivity index (χ2n) is 8.70. The van der Waals surface area contributed by atoms with Gasteiger partial charge in [0.15, 0.2) is 5.67 Å². The van der Waals surface area contributed by atoms with Crippen LogP contribution in [0.4, 0.5) is 4.39 Å². The van der Waals surface area contributed by atoms with Crippen molar-refractivity contribution in [2.75, 3.05) is 0 Å². The summed E-state index contributed by atoms with van der Waals surface area (Å²) in [5.41, 5.74) is 10.4. The standard InChI is InChI=1S/C23H25ClN2.C5H9FO.C2H6/c1-18-8-10-19(11-9-18)15-26(17-22-6-3-7-23(24)13-22)16-21-5-2-4-20(12-21)14-25;1-4(7)5(2,3)6;1-2/h2-13H,14-17,25H2,1H3;7H,1H2,2-3H3;1-2H3. The molecular weight excluding hydrogens is 459 g/mol. The third-order valence-electron chi connectivity index (χ3n) is 5.14. The molecule has 0 unspecified atom stereocenters. The van der Waals surface area contributed by atoms with E-state index >= 15 is 0 Å². The fraction of sp³-hybridized carbons (Fsp3) is 0.333. The molecule has 0 fully saturated rings. The molecule has 0 aliphatic heterocycles. The molecule has 0 aromatic heterocycles. The summed E-state index contributed by atoms with van der Waals surface area (Å²) in [6.07, 6.45) is 0. The van der Waals surface area contributed by atoms with Crippen LogP contribution in [-0.2, 0) is 26.2 Å². The van der Waals surface area contributed by atoms with E-state index < -0.39 is 11.4 Å². The number of allylic oxidation sites excluding steroid dienone is 1. The van der Waals surface area contributed by atoms with Crippen molar-refractivity contribution in [2.45, 2.75) is 66.5 Å². The Labute approximate surface area is 216 Å². The van der Waals surface area contributed by atoms with E-state index in [4.69, 9.17) is 22.4 Å². The first kappa shape index (κ1) is 30.4. The number of benzene rings is 3. The molecule has 0 radical (unpaired) electrons. The molecule has 0 spiro atoms. The van der Waals surface area contributed by atoms with Gasteiger partial charge in [-0.15, -0.1) is 0 Å². The highest BCUT2D eigenvalue weighted by Gasteiger charge is 2.18. The highest BCUT2D eigenvalue weighted by Crippen LogP contribution is 2.18. The van der Waals surface area contributed by atoms with Gasteiger partial charge in [0.1, 0.15) is 5.76 Å². The Kier molecular flexibility index (Phi) is 13.3. The van der Waals surface area contributed by atoms with Crippen molar-refractivity contribution in [3.8, 4) is 0 Å². The highest BCUT2D eigenvalue weighted by molar-refractivity contribution is 6.30. The van der Waals surface area contributed by atoms with E-state index in [1.165, 1.54) is 41.7 Å². The summed E-state index contributed by atoms with van der Waals surface area (Å²) in [5.74, 6) is -0.424. The van der Waals surface area contributed by atoms with Gasteiger partial charge < -0.3 is 10.8 Å². The molecule has 3 N–H and O–H groups in total. The van der Waals surface area contributed by atoms with E-state index in [9.17, 15) is 4.39 Å². The van der Waals surface area contributed by atoms with Gasteiger partial charge in [0.2, 0.25) is 0 Å². The smallest absolute Gasteiger partial charge is 0.161 e. The maximum absolute atomic E-state index is 12.2. The first-order valence-corrected chi connectivity index (χ1v) is 12.3. The number of hydrogen-bond donors (Lipinski definition) is 2. The Hall–Kier alpha value is -2.66. The molecular formula is C30H40ClFN2O. The van der Waals surface area contributed by atoms with Crippen LogP contribution in [0.5, 0.6) is 0 Å². The lowest BCUT2D eigenvalue weighted by molar-refractivity contribution is 0.180. The van der Waals surface area contributed by atoms with Gasteiger partial charge in [-0.05, 0) is 55.2 Å². The van der Waals surface area contributed by atoms with Crippen molar-refractivity contribution in [2.24, 2.45) is 5.73 Å². The van der Waals surface area contributed by atoms with Crippen molar-refractivity contribution in [3.05, 3.63) is 118 Å². The quantitative estimate of drug-likeness (QED) is 0.308. The SMILES string of the molecule is C=C(O)C(C)(C)F.CC.Cc1ccc(CN(Cc2cccc(Cl)c2)Cc2cccc(CN)c2)cc1. The predicted molar refractivity (Wildman–Crippen MR) is 148 cm³/mol. The zero-order valence-corrected chi connectivity index (χ0v) is 22.4. The topological polar surface area (TPSA) is 49.5 Å². The molecule has 3 nitrogen and oxygen atoms in total. The fourth-order valence-electron chi connectivity index (χ4n) is 3.13. The molecule has 3 rings (SSSR count). The first-order valence-electron chi connectivity index (χ1n) is 11.9. The van der Waals surface area contributed by atoms with E-state index in [1.807, 2.05) is 32.0 Å². The molecule has 0 atom stereocenters. The minimum absolute atomic E-state index is 0.424. The Morgan fingerprint density at radius 2 is 1.34 bits per heavy atom. The largest absolute Gasteiger partial charge is 0.510 e. The Balaban J connectivity index is 0.000000587. The number of halogens is 2. The van der Waals surface area contributed by atoms with Crippen LogP contribution in [0.2, 0.25) is 5.02 Å². The highest BCUT2D eigenvalue weighted by atomic mass is 35.5. The lowest BCUT2D eigenvalue weighted by Crippen LogP contribution is -2.22. The summed E-state index contributed by atoms with van der Waals surface area (Å²) in [6, 6.07) is 25.4. The van der Waals surface area contributed by atoms with Crippen LogP contribution >= 0.6 is 11.6 Å². The molecule has 35 heavy (non-hydrogen) atoms. The zero-order chi connectivity index (χ0) is 26.4. The summed E-state index contributed by atoms with van der Waals surface area (Å²) in [7, 11) is 0. The van der Waals surface area contributed by atoms with Crippen LogP contribution < -0.4 is 5.73 Å². The van der Waals surface area contributed by atoms with E-state index in [-0.39, 0.29) is 0 Å². The summed E-state index contributed by atoms with van der Waals surface area (Å²) in [6.45, 7) is 14.8. The molecule has 0 amide bonds. The molecule has 0 heterocycles. The molecule has 190 valence electrons. The molecule has 0 aliphatic rings. The van der Waals surface area contributed by atoms with Crippen LogP contribution in [0.25, 0.3) is 0 Å². The van der Waals surface area contributed by atoms with Crippen LogP contribution in [0.1, 0.15) is 55.5 Å².